The standard InChI is InChI=1S/C12H15ClN2O/c1-15-10-7-9(13)3-2-8(10)6-11(15)12(16)4-5-14/h2-3,6-7,12,16H,4-5,14H2,1H3. The Morgan fingerprint density at radius 3 is 2.88 bits per heavy atom. The topological polar surface area (TPSA) is 51.2 Å². The molecule has 0 saturated heterocycles. The van der Waals surface area contributed by atoms with Crippen molar-refractivity contribution in [1.82, 2.24) is 4.57 Å². The molecule has 0 radical (unpaired) electrons. The highest BCUT2D eigenvalue weighted by Crippen LogP contribution is 2.26. The van der Waals surface area contributed by atoms with Crippen LogP contribution in [0.2, 0.25) is 5.02 Å². The molecule has 2 rings (SSSR count). The number of aromatic nitrogens is 1. The summed E-state index contributed by atoms with van der Waals surface area (Å²) < 4.78 is 1.96. The lowest BCUT2D eigenvalue weighted by Gasteiger charge is -2.10. The zero-order valence-corrected chi connectivity index (χ0v) is 9.91. The number of rotatable bonds is 3. The van der Waals surface area contributed by atoms with Crippen LogP contribution < -0.4 is 5.73 Å². The lowest BCUT2D eigenvalue weighted by Crippen LogP contribution is -2.09. The zero-order valence-electron chi connectivity index (χ0n) is 9.15. The third-order valence-electron chi connectivity index (χ3n) is 2.83. The predicted octanol–water partition coefficient (Wildman–Crippen LogP) is 2.21. The highest BCUT2D eigenvalue weighted by Gasteiger charge is 2.13. The van der Waals surface area contributed by atoms with Crippen LogP contribution in [0.25, 0.3) is 10.9 Å². The molecule has 0 spiro atoms. The van der Waals surface area contributed by atoms with Crippen molar-refractivity contribution in [2.45, 2.75) is 12.5 Å². The monoisotopic (exact) mass is 238 g/mol. The average molecular weight is 239 g/mol. The molecule has 1 heterocycles. The van der Waals surface area contributed by atoms with Gasteiger partial charge in [0, 0.05) is 28.7 Å². The van der Waals surface area contributed by atoms with Gasteiger partial charge in [-0.05, 0) is 31.2 Å². The first-order valence-electron chi connectivity index (χ1n) is 5.26. The summed E-state index contributed by atoms with van der Waals surface area (Å²) in [6.45, 7) is 0.476. The van der Waals surface area contributed by atoms with Gasteiger partial charge in [-0.25, -0.2) is 0 Å². The van der Waals surface area contributed by atoms with Gasteiger partial charge in [-0.2, -0.15) is 0 Å². The molecule has 1 aromatic carbocycles. The molecule has 0 bridgehead atoms. The summed E-state index contributed by atoms with van der Waals surface area (Å²) in [5.74, 6) is 0. The van der Waals surface area contributed by atoms with Gasteiger partial charge in [0.25, 0.3) is 0 Å². The van der Waals surface area contributed by atoms with Crippen molar-refractivity contribution in [1.29, 1.82) is 0 Å². The van der Waals surface area contributed by atoms with Gasteiger partial charge < -0.3 is 15.4 Å². The number of aliphatic hydroxyl groups is 1. The van der Waals surface area contributed by atoms with Gasteiger partial charge in [0.1, 0.15) is 0 Å². The molecule has 0 aliphatic rings. The number of aryl methyl sites for hydroxylation is 1. The van der Waals surface area contributed by atoms with Gasteiger partial charge in [-0.15, -0.1) is 0 Å². The summed E-state index contributed by atoms with van der Waals surface area (Å²) >= 11 is 5.94. The van der Waals surface area contributed by atoms with Crippen LogP contribution in [0.4, 0.5) is 0 Å². The molecule has 0 aliphatic carbocycles. The van der Waals surface area contributed by atoms with E-state index in [-0.39, 0.29) is 0 Å². The maximum Gasteiger partial charge on any atom is 0.0952 e. The van der Waals surface area contributed by atoms with E-state index < -0.39 is 6.10 Å². The molecule has 0 saturated carbocycles. The van der Waals surface area contributed by atoms with Crippen LogP contribution in [-0.2, 0) is 7.05 Å². The van der Waals surface area contributed by atoms with Crippen LogP contribution >= 0.6 is 11.6 Å². The van der Waals surface area contributed by atoms with Crippen LogP contribution in [-0.4, -0.2) is 16.2 Å². The Bertz CT molecular complexity index is 507. The summed E-state index contributed by atoms with van der Waals surface area (Å²) in [6.07, 6.45) is 0.0546. The summed E-state index contributed by atoms with van der Waals surface area (Å²) in [7, 11) is 1.92. The van der Waals surface area contributed by atoms with Crippen molar-refractivity contribution in [3.63, 3.8) is 0 Å². The second-order valence-electron chi connectivity index (χ2n) is 3.92. The molecule has 2 aromatic rings. The Labute approximate surface area is 99.4 Å². The Morgan fingerprint density at radius 1 is 1.44 bits per heavy atom. The lowest BCUT2D eigenvalue weighted by atomic mass is 10.2. The molecule has 4 heteroatoms. The molecule has 0 aliphatic heterocycles. The molecule has 1 atom stereocenters. The molecule has 16 heavy (non-hydrogen) atoms. The van der Waals surface area contributed by atoms with E-state index in [1.54, 1.807) is 0 Å². The van der Waals surface area contributed by atoms with Crippen molar-refractivity contribution < 1.29 is 5.11 Å². The van der Waals surface area contributed by atoms with E-state index in [1.807, 2.05) is 35.9 Å². The first kappa shape index (κ1) is 11.5. The van der Waals surface area contributed by atoms with E-state index in [4.69, 9.17) is 17.3 Å². The highest BCUT2D eigenvalue weighted by atomic mass is 35.5. The number of nitrogens with two attached hydrogens (primary N) is 1. The van der Waals surface area contributed by atoms with E-state index in [0.29, 0.717) is 18.0 Å². The maximum absolute atomic E-state index is 9.94. The number of halogens is 1. The predicted molar refractivity (Wildman–Crippen MR) is 66.6 cm³/mol. The van der Waals surface area contributed by atoms with E-state index in [2.05, 4.69) is 0 Å². The zero-order chi connectivity index (χ0) is 11.7. The quantitative estimate of drug-likeness (QED) is 0.862. The molecule has 3 nitrogen and oxygen atoms in total. The second kappa shape index (κ2) is 4.45. The number of nitrogens with zero attached hydrogens (tertiary/aromatic N) is 1. The SMILES string of the molecule is Cn1c(C(O)CCN)cc2ccc(Cl)cc21. The van der Waals surface area contributed by atoms with Crippen LogP contribution in [0, 0.1) is 0 Å². The van der Waals surface area contributed by atoms with Crippen LogP contribution in [0.1, 0.15) is 18.2 Å². The van der Waals surface area contributed by atoms with Gasteiger partial charge >= 0.3 is 0 Å². The number of aliphatic hydroxyl groups excluding tert-OH is 1. The van der Waals surface area contributed by atoms with Gasteiger partial charge in [0.2, 0.25) is 0 Å². The fourth-order valence-electron chi connectivity index (χ4n) is 1.95. The molecule has 86 valence electrons. The van der Waals surface area contributed by atoms with E-state index >= 15 is 0 Å². The van der Waals surface area contributed by atoms with Crippen molar-refractivity contribution in [2.24, 2.45) is 12.8 Å². The van der Waals surface area contributed by atoms with Gasteiger partial charge in [-0.3, -0.25) is 0 Å². The first-order chi connectivity index (χ1) is 7.63. The minimum absolute atomic E-state index is 0.476. The Morgan fingerprint density at radius 2 is 2.19 bits per heavy atom. The molecular formula is C12H15ClN2O. The molecule has 0 amide bonds. The molecular weight excluding hydrogens is 224 g/mol. The lowest BCUT2D eigenvalue weighted by molar-refractivity contribution is 0.162. The van der Waals surface area contributed by atoms with E-state index in [1.165, 1.54) is 0 Å². The number of benzene rings is 1. The summed E-state index contributed by atoms with van der Waals surface area (Å²) in [5.41, 5.74) is 7.35. The number of fused-ring (bicyclic) bond motifs is 1. The summed E-state index contributed by atoms with van der Waals surface area (Å²) in [6, 6.07) is 7.68. The fourth-order valence-corrected chi connectivity index (χ4v) is 2.12. The van der Waals surface area contributed by atoms with Crippen LogP contribution in [0.15, 0.2) is 24.3 Å². The normalized spacial score (nSPS) is 13.2. The Kier molecular flexibility index (Phi) is 3.19. The summed E-state index contributed by atoms with van der Waals surface area (Å²) in [5, 5.41) is 11.7. The Hall–Kier alpha value is -1.03. The highest BCUT2D eigenvalue weighted by molar-refractivity contribution is 6.31. The van der Waals surface area contributed by atoms with Gasteiger partial charge in [0.05, 0.1) is 6.10 Å². The first-order valence-corrected chi connectivity index (χ1v) is 5.64. The third kappa shape index (κ3) is 1.94. The minimum atomic E-state index is -0.513. The number of hydrogen-bond donors (Lipinski definition) is 2. The van der Waals surface area contributed by atoms with Crippen LogP contribution in [0.3, 0.4) is 0 Å². The molecule has 1 unspecified atom stereocenters. The van der Waals surface area contributed by atoms with E-state index in [0.717, 1.165) is 16.6 Å². The van der Waals surface area contributed by atoms with Crippen molar-refractivity contribution >= 4 is 22.5 Å². The average Bonchev–Trinajstić information content (AvgIpc) is 2.57. The van der Waals surface area contributed by atoms with Crippen LogP contribution in [0.5, 0.6) is 0 Å². The largest absolute Gasteiger partial charge is 0.387 e. The molecule has 3 N–H and O–H groups in total. The molecule has 1 aromatic heterocycles. The summed E-state index contributed by atoms with van der Waals surface area (Å²) in [4.78, 5) is 0. The molecule has 0 fully saturated rings. The third-order valence-corrected chi connectivity index (χ3v) is 3.06. The number of hydrogen-bond acceptors (Lipinski definition) is 2. The second-order valence-corrected chi connectivity index (χ2v) is 4.36. The minimum Gasteiger partial charge on any atom is -0.387 e. The van der Waals surface area contributed by atoms with Gasteiger partial charge in [-0.1, -0.05) is 17.7 Å². The Balaban J connectivity index is 2.51. The maximum atomic E-state index is 9.94. The smallest absolute Gasteiger partial charge is 0.0952 e. The van der Waals surface area contributed by atoms with Crippen molar-refractivity contribution in [3.8, 4) is 0 Å². The van der Waals surface area contributed by atoms with Crippen molar-refractivity contribution in [2.75, 3.05) is 6.54 Å². The van der Waals surface area contributed by atoms with Gasteiger partial charge in [0.15, 0.2) is 0 Å². The fraction of sp³-hybridized carbons (Fsp3) is 0.333. The van der Waals surface area contributed by atoms with E-state index in [9.17, 15) is 5.11 Å². The van der Waals surface area contributed by atoms with Crippen molar-refractivity contribution in [3.05, 3.63) is 35.0 Å².